The first-order chi connectivity index (χ1) is 12.2. The summed E-state index contributed by atoms with van der Waals surface area (Å²) in [5, 5.41) is 0. The van der Waals surface area contributed by atoms with Gasteiger partial charge in [0.05, 0.1) is 23.5 Å². The normalized spacial score (nSPS) is 15.3. The van der Waals surface area contributed by atoms with Crippen LogP contribution in [0, 0.1) is 0 Å². The van der Waals surface area contributed by atoms with Gasteiger partial charge < -0.3 is 0 Å². The fourth-order valence-corrected chi connectivity index (χ4v) is 3.26. The van der Waals surface area contributed by atoms with Crippen molar-refractivity contribution >= 4 is 44.6 Å². The van der Waals surface area contributed by atoms with Crippen LogP contribution < -0.4 is 4.90 Å². The Morgan fingerprint density at radius 2 is 1.52 bits per heavy atom. The number of hydrogen-bond donors (Lipinski definition) is 0. The standard InChI is InChI=1S/C21H15BrN2O/c22-15-10-12-16(13-11-15)23-19-14-21(25)24(17-6-2-1-3-7-17)20-9-5-4-8-18(19)20/h1-13H,14H2. The highest BCUT2D eigenvalue weighted by Gasteiger charge is 2.29. The number of nitrogens with zero attached hydrogens (tertiary/aromatic N) is 2. The number of benzene rings is 3. The van der Waals surface area contributed by atoms with Gasteiger partial charge in [0.25, 0.3) is 0 Å². The molecule has 0 aromatic heterocycles. The second-order valence-electron chi connectivity index (χ2n) is 5.79. The molecule has 3 aromatic carbocycles. The number of anilines is 2. The zero-order valence-corrected chi connectivity index (χ0v) is 15.0. The van der Waals surface area contributed by atoms with Gasteiger partial charge in [-0.3, -0.25) is 14.7 Å². The second kappa shape index (κ2) is 6.65. The van der Waals surface area contributed by atoms with Crippen molar-refractivity contribution in [3.05, 3.63) is 88.9 Å². The third kappa shape index (κ3) is 3.13. The van der Waals surface area contributed by atoms with E-state index < -0.39 is 0 Å². The van der Waals surface area contributed by atoms with Crippen LogP contribution in [-0.4, -0.2) is 11.6 Å². The van der Waals surface area contributed by atoms with Gasteiger partial charge in [-0.25, -0.2) is 0 Å². The van der Waals surface area contributed by atoms with E-state index in [4.69, 9.17) is 4.99 Å². The summed E-state index contributed by atoms with van der Waals surface area (Å²) in [4.78, 5) is 19.4. The van der Waals surface area contributed by atoms with Crippen molar-refractivity contribution in [3.63, 3.8) is 0 Å². The van der Waals surface area contributed by atoms with Gasteiger partial charge in [0.1, 0.15) is 0 Å². The molecule has 0 unspecified atom stereocenters. The summed E-state index contributed by atoms with van der Waals surface area (Å²) in [5.74, 6) is 0.0285. The number of amides is 1. The van der Waals surface area contributed by atoms with Gasteiger partial charge in [-0.1, -0.05) is 52.3 Å². The van der Waals surface area contributed by atoms with Gasteiger partial charge in [0.15, 0.2) is 0 Å². The first kappa shape index (κ1) is 15.8. The highest BCUT2D eigenvalue weighted by Crippen LogP contribution is 2.35. The molecule has 0 radical (unpaired) electrons. The number of para-hydroxylation sites is 2. The molecule has 1 amide bonds. The molecule has 122 valence electrons. The van der Waals surface area contributed by atoms with E-state index in [2.05, 4.69) is 15.9 Å². The smallest absolute Gasteiger partial charge is 0.237 e. The summed E-state index contributed by atoms with van der Waals surface area (Å²) >= 11 is 3.43. The van der Waals surface area contributed by atoms with Gasteiger partial charge in [-0.2, -0.15) is 0 Å². The van der Waals surface area contributed by atoms with E-state index in [0.29, 0.717) is 0 Å². The molecule has 4 rings (SSSR count). The molecule has 1 heterocycles. The van der Waals surface area contributed by atoms with Crippen molar-refractivity contribution in [3.8, 4) is 0 Å². The molecule has 0 spiro atoms. The van der Waals surface area contributed by atoms with Crippen LogP contribution in [0.25, 0.3) is 0 Å². The maximum absolute atomic E-state index is 12.8. The molecule has 1 aliphatic heterocycles. The molecule has 3 nitrogen and oxygen atoms in total. The molecular formula is C21H15BrN2O. The summed E-state index contributed by atoms with van der Waals surface area (Å²) in [5.41, 5.74) is 4.39. The van der Waals surface area contributed by atoms with Gasteiger partial charge in [0, 0.05) is 15.7 Å². The van der Waals surface area contributed by atoms with Crippen molar-refractivity contribution in [2.45, 2.75) is 6.42 Å². The molecule has 0 bridgehead atoms. The summed E-state index contributed by atoms with van der Waals surface area (Å²) in [6.07, 6.45) is 0.280. The SMILES string of the molecule is O=C1CC(=Nc2ccc(Br)cc2)c2ccccc2N1c1ccccc1. The largest absolute Gasteiger partial charge is 0.280 e. The topological polar surface area (TPSA) is 32.7 Å². The van der Waals surface area contributed by atoms with E-state index in [1.54, 1.807) is 4.90 Å². The van der Waals surface area contributed by atoms with E-state index in [9.17, 15) is 4.79 Å². The van der Waals surface area contributed by atoms with Crippen LogP contribution in [0.4, 0.5) is 17.1 Å². The Balaban J connectivity index is 1.82. The van der Waals surface area contributed by atoms with Gasteiger partial charge in [0.2, 0.25) is 5.91 Å². The number of carbonyl (C=O) groups excluding carboxylic acids is 1. The Labute approximate surface area is 154 Å². The molecule has 0 saturated carbocycles. The van der Waals surface area contributed by atoms with Crippen LogP contribution >= 0.6 is 15.9 Å². The molecular weight excluding hydrogens is 376 g/mol. The average Bonchev–Trinajstić information content (AvgIpc) is 2.64. The third-order valence-electron chi connectivity index (χ3n) is 4.13. The number of carbonyl (C=O) groups is 1. The number of hydrogen-bond acceptors (Lipinski definition) is 2. The first-order valence-corrected chi connectivity index (χ1v) is 8.82. The lowest BCUT2D eigenvalue weighted by Gasteiger charge is -2.30. The van der Waals surface area contributed by atoms with E-state index in [1.165, 1.54) is 0 Å². The minimum Gasteiger partial charge on any atom is -0.280 e. The predicted molar refractivity (Wildman–Crippen MR) is 105 cm³/mol. The van der Waals surface area contributed by atoms with Crippen molar-refractivity contribution in [1.29, 1.82) is 0 Å². The molecule has 0 fully saturated rings. The van der Waals surface area contributed by atoms with E-state index in [0.717, 1.165) is 32.8 Å². The lowest BCUT2D eigenvalue weighted by Crippen LogP contribution is -2.34. The van der Waals surface area contributed by atoms with Crippen molar-refractivity contribution in [2.75, 3.05) is 4.90 Å². The Hall–Kier alpha value is -2.72. The van der Waals surface area contributed by atoms with E-state index in [1.807, 2.05) is 78.9 Å². The number of fused-ring (bicyclic) bond motifs is 1. The maximum Gasteiger partial charge on any atom is 0.237 e. The minimum atomic E-state index is 0.0285. The van der Waals surface area contributed by atoms with Gasteiger partial charge >= 0.3 is 0 Å². The lowest BCUT2D eigenvalue weighted by atomic mass is 9.98. The van der Waals surface area contributed by atoms with Crippen LogP contribution in [0.5, 0.6) is 0 Å². The Kier molecular flexibility index (Phi) is 4.20. The predicted octanol–water partition coefficient (Wildman–Crippen LogP) is 5.64. The Bertz CT molecular complexity index is 949. The van der Waals surface area contributed by atoms with E-state index >= 15 is 0 Å². The van der Waals surface area contributed by atoms with Gasteiger partial charge in [-0.05, 0) is 42.5 Å². The second-order valence-corrected chi connectivity index (χ2v) is 6.71. The molecule has 1 aliphatic rings. The lowest BCUT2D eigenvalue weighted by molar-refractivity contribution is -0.116. The van der Waals surface area contributed by atoms with Crippen LogP contribution in [0.2, 0.25) is 0 Å². The quantitative estimate of drug-likeness (QED) is 0.557. The number of halogens is 1. The van der Waals surface area contributed by atoms with E-state index in [-0.39, 0.29) is 12.3 Å². The average molecular weight is 391 g/mol. The van der Waals surface area contributed by atoms with Crippen LogP contribution in [0.3, 0.4) is 0 Å². The molecule has 4 heteroatoms. The van der Waals surface area contributed by atoms with Crippen molar-refractivity contribution in [2.24, 2.45) is 4.99 Å². The summed E-state index contributed by atoms with van der Waals surface area (Å²) in [7, 11) is 0. The maximum atomic E-state index is 12.8. The zero-order valence-electron chi connectivity index (χ0n) is 13.4. The Morgan fingerprint density at radius 3 is 2.28 bits per heavy atom. The van der Waals surface area contributed by atoms with Crippen molar-refractivity contribution in [1.82, 2.24) is 0 Å². The van der Waals surface area contributed by atoms with Crippen LogP contribution in [0.1, 0.15) is 12.0 Å². The first-order valence-electron chi connectivity index (χ1n) is 8.03. The number of rotatable bonds is 2. The van der Waals surface area contributed by atoms with Crippen molar-refractivity contribution < 1.29 is 4.79 Å². The zero-order chi connectivity index (χ0) is 17.2. The van der Waals surface area contributed by atoms with Crippen LogP contribution in [-0.2, 0) is 4.79 Å². The molecule has 0 saturated heterocycles. The summed E-state index contributed by atoms with van der Waals surface area (Å²) in [6, 6.07) is 25.4. The molecule has 0 atom stereocenters. The summed E-state index contributed by atoms with van der Waals surface area (Å²) in [6.45, 7) is 0. The number of aliphatic imine (C=N–C) groups is 1. The third-order valence-corrected chi connectivity index (χ3v) is 4.66. The monoisotopic (exact) mass is 390 g/mol. The molecule has 0 N–H and O–H groups in total. The van der Waals surface area contributed by atoms with Crippen LogP contribution in [0.15, 0.2) is 88.3 Å². The highest BCUT2D eigenvalue weighted by atomic mass is 79.9. The molecule has 0 aliphatic carbocycles. The fourth-order valence-electron chi connectivity index (χ4n) is 3.00. The minimum absolute atomic E-state index is 0.0285. The summed E-state index contributed by atoms with van der Waals surface area (Å²) < 4.78 is 1.01. The molecule has 3 aromatic rings. The fraction of sp³-hybridized carbons (Fsp3) is 0.0476. The van der Waals surface area contributed by atoms with Gasteiger partial charge in [-0.15, -0.1) is 0 Å². The Morgan fingerprint density at radius 1 is 0.840 bits per heavy atom. The molecule has 25 heavy (non-hydrogen) atoms. The highest BCUT2D eigenvalue weighted by molar-refractivity contribution is 9.10.